The maximum Gasteiger partial charge on any atom is 0.118 e. The van der Waals surface area contributed by atoms with Gasteiger partial charge in [0.2, 0.25) is 0 Å². The molecule has 2 heterocycles. The van der Waals surface area contributed by atoms with Crippen LogP contribution in [-0.2, 0) is 13.1 Å². The summed E-state index contributed by atoms with van der Waals surface area (Å²) in [6.45, 7) is 8.50. The zero-order chi connectivity index (χ0) is 13.8. The van der Waals surface area contributed by atoms with Gasteiger partial charge < -0.3 is 9.73 Å². The molecule has 0 saturated heterocycles. The third-order valence-electron chi connectivity index (χ3n) is 3.02. The van der Waals surface area contributed by atoms with Crippen LogP contribution in [0, 0.1) is 13.8 Å². The van der Waals surface area contributed by atoms with E-state index < -0.39 is 0 Å². The van der Waals surface area contributed by atoms with Gasteiger partial charge in [-0.1, -0.05) is 18.5 Å². The van der Waals surface area contributed by atoms with Gasteiger partial charge in [-0.3, -0.25) is 4.68 Å². The number of furan rings is 1. The largest absolute Gasteiger partial charge is 0.465 e. The number of hydrogen-bond donors (Lipinski definition) is 1. The first-order valence-electron chi connectivity index (χ1n) is 6.58. The molecule has 2 aromatic rings. The number of halogens is 1. The number of rotatable bonds is 6. The molecule has 0 amide bonds. The highest BCUT2D eigenvalue weighted by Gasteiger charge is 2.09. The Balaban J connectivity index is 2.04. The maximum absolute atomic E-state index is 6.01. The minimum Gasteiger partial charge on any atom is -0.465 e. The third-order valence-corrected chi connectivity index (χ3v) is 3.39. The first kappa shape index (κ1) is 14.2. The van der Waals surface area contributed by atoms with Gasteiger partial charge in [0.1, 0.15) is 11.5 Å². The van der Waals surface area contributed by atoms with Crippen molar-refractivity contribution in [2.75, 3.05) is 6.54 Å². The van der Waals surface area contributed by atoms with Crippen molar-refractivity contribution >= 4 is 11.6 Å². The molecule has 104 valence electrons. The predicted octanol–water partition coefficient (Wildman–Crippen LogP) is 3.29. The number of hydrogen-bond acceptors (Lipinski definition) is 3. The van der Waals surface area contributed by atoms with Gasteiger partial charge in [0.05, 0.1) is 23.8 Å². The second-order valence-electron chi connectivity index (χ2n) is 4.73. The Morgan fingerprint density at radius 3 is 2.84 bits per heavy atom. The van der Waals surface area contributed by atoms with Crippen LogP contribution >= 0.6 is 11.6 Å². The van der Waals surface area contributed by atoms with Gasteiger partial charge in [-0.15, -0.1) is 0 Å². The van der Waals surface area contributed by atoms with Gasteiger partial charge in [-0.05, 0) is 32.9 Å². The van der Waals surface area contributed by atoms with E-state index >= 15 is 0 Å². The van der Waals surface area contributed by atoms with Crippen molar-refractivity contribution in [3.05, 3.63) is 40.1 Å². The quantitative estimate of drug-likeness (QED) is 0.826. The van der Waals surface area contributed by atoms with Gasteiger partial charge in [-0.25, -0.2) is 0 Å². The standard InChI is InChI=1S/C14H20ClN3O/c1-4-5-16-7-13-6-12(11(3)19-13)8-18-9-14(15)10(2)17-18/h6,9,16H,4-5,7-8H2,1-3H3. The summed E-state index contributed by atoms with van der Waals surface area (Å²) in [7, 11) is 0. The zero-order valence-electron chi connectivity index (χ0n) is 11.7. The van der Waals surface area contributed by atoms with Gasteiger partial charge in [0.25, 0.3) is 0 Å². The summed E-state index contributed by atoms with van der Waals surface area (Å²) < 4.78 is 7.58. The lowest BCUT2D eigenvalue weighted by Crippen LogP contribution is -2.13. The molecule has 0 aliphatic heterocycles. The number of aromatic nitrogens is 2. The molecule has 0 bridgehead atoms. The van der Waals surface area contributed by atoms with Crippen molar-refractivity contribution in [3.8, 4) is 0 Å². The first-order valence-corrected chi connectivity index (χ1v) is 6.96. The van der Waals surface area contributed by atoms with Gasteiger partial charge in [0.15, 0.2) is 0 Å². The van der Waals surface area contributed by atoms with Crippen molar-refractivity contribution in [1.29, 1.82) is 0 Å². The minimum absolute atomic E-state index is 0.691. The lowest BCUT2D eigenvalue weighted by atomic mass is 10.2. The molecule has 2 aromatic heterocycles. The number of nitrogens with one attached hydrogen (secondary N) is 1. The molecule has 19 heavy (non-hydrogen) atoms. The highest BCUT2D eigenvalue weighted by molar-refractivity contribution is 6.31. The van der Waals surface area contributed by atoms with Crippen LogP contribution < -0.4 is 5.32 Å². The second-order valence-corrected chi connectivity index (χ2v) is 5.14. The van der Waals surface area contributed by atoms with E-state index in [4.69, 9.17) is 16.0 Å². The third kappa shape index (κ3) is 3.61. The van der Waals surface area contributed by atoms with Crippen LogP contribution in [0.1, 0.15) is 36.1 Å². The van der Waals surface area contributed by atoms with Crippen LogP contribution in [0.25, 0.3) is 0 Å². The molecule has 1 N–H and O–H groups in total. The van der Waals surface area contributed by atoms with Crippen LogP contribution in [0.2, 0.25) is 5.02 Å². The topological polar surface area (TPSA) is 43.0 Å². The first-order chi connectivity index (χ1) is 9.10. The van der Waals surface area contributed by atoms with Crippen LogP contribution in [0.15, 0.2) is 16.7 Å². The van der Waals surface area contributed by atoms with Crippen molar-refractivity contribution < 1.29 is 4.42 Å². The monoisotopic (exact) mass is 281 g/mol. The molecular weight excluding hydrogens is 262 g/mol. The summed E-state index contributed by atoms with van der Waals surface area (Å²) >= 11 is 6.01. The fraction of sp³-hybridized carbons (Fsp3) is 0.500. The fourth-order valence-electron chi connectivity index (χ4n) is 1.97. The van der Waals surface area contributed by atoms with Crippen molar-refractivity contribution in [2.45, 2.75) is 40.3 Å². The Morgan fingerprint density at radius 1 is 1.42 bits per heavy atom. The van der Waals surface area contributed by atoms with Gasteiger partial charge in [-0.2, -0.15) is 5.10 Å². The van der Waals surface area contributed by atoms with Crippen molar-refractivity contribution in [3.63, 3.8) is 0 Å². The molecule has 2 rings (SSSR count). The summed E-state index contributed by atoms with van der Waals surface area (Å²) in [5.74, 6) is 1.91. The van der Waals surface area contributed by atoms with E-state index in [1.807, 2.05) is 24.7 Å². The molecule has 0 aliphatic rings. The molecule has 0 spiro atoms. The van der Waals surface area contributed by atoms with E-state index in [1.165, 1.54) is 0 Å². The molecule has 4 nitrogen and oxygen atoms in total. The normalized spacial score (nSPS) is 11.2. The van der Waals surface area contributed by atoms with E-state index in [9.17, 15) is 0 Å². The molecule has 0 aromatic carbocycles. The number of aryl methyl sites for hydroxylation is 2. The van der Waals surface area contributed by atoms with Gasteiger partial charge in [0, 0.05) is 11.8 Å². The number of nitrogens with zero attached hydrogens (tertiary/aromatic N) is 2. The predicted molar refractivity (Wildman–Crippen MR) is 76.5 cm³/mol. The summed E-state index contributed by atoms with van der Waals surface area (Å²) in [5.41, 5.74) is 2.00. The smallest absolute Gasteiger partial charge is 0.118 e. The fourth-order valence-corrected chi connectivity index (χ4v) is 2.12. The van der Waals surface area contributed by atoms with Crippen LogP contribution in [0.4, 0.5) is 0 Å². The molecule has 0 saturated carbocycles. The molecular formula is C14H20ClN3O. The molecule has 0 radical (unpaired) electrons. The van der Waals surface area contributed by atoms with Crippen molar-refractivity contribution in [2.24, 2.45) is 0 Å². The Bertz CT molecular complexity index is 525. The second kappa shape index (κ2) is 6.26. The van der Waals surface area contributed by atoms with Crippen molar-refractivity contribution in [1.82, 2.24) is 15.1 Å². The van der Waals surface area contributed by atoms with Crippen LogP contribution in [-0.4, -0.2) is 16.3 Å². The lowest BCUT2D eigenvalue weighted by molar-refractivity contribution is 0.459. The summed E-state index contributed by atoms with van der Waals surface area (Å²) in [6, 6.07) is 2.09. The highest BCUT2D eigenvalue weighted by atomic mass is 35.5. The molecule has 0 atom stereocenters. The Hall–Kier alpha value is -1.26. The van der Waals surface area contributed by atoms with E-state index in [0.717, 1.165) is 42.3 Å². The van der Waals surface area contributed by atoms with Crippen LogP contribution in [0.5, 0.6) is 0 Å². The van der Waals surface area contributed by atoms with Crippen LogP contribution in [0.3, 0.4) is 0 Å². The molecule has 0 aliphatic carbocycles. The summed E-state index contributed by atoms with van der Waals surface area (Å²) in [6.07, 6.45) is 2.97. The molecule has 0 unspecified atom stereocenters. The lowest BCUT2D eigenvalue weighted by Gasteiger charge is -1.98. The Morgan fingerprint density at radius 2 is 2.21 bits per heavy atom. The highest BCUT2D eigenvalue weighted by Crippen LogP contribution is 2.18. The summed E-state index contributed by atoms with van der Waals surface area (Å²) in [4.78, 5) is 0. The Kier molecular flexibility index (Phi) is 4.66. The van der Waals surface area contributed by atoms with E-state index in [1.54, 1.807) is 0 Å². The molecule has 0 fully saturated rings. The van der Waals surface area contributed by atoms with Gasteiger partial charge >= 0.3 is 0 Å². The Labute approximate surface area is 118 Å². The zero-order valence-corrected chi connectivity index (χ0v) is 12.4. The average molecular weight is 282 g/mol. The summed E-state index contributed by atoms with van der Waals surface area (Å²) in [5, 5.41) is 8.39. The minimum atomic E-state index is 0.691. The van der Waals surface area contributed by atoms with E-state index in [2.05, 4.69) is 23.4 Å². The van der Waals surface area contributed by atoms with E-state index in [0.29, 0.717) is 11.6 Å². The SMILES string of the molecule is CCCNCc1cc(Cn2cc(Cl)c(C)n2)c(C)o1. The average Bonchev–Trinajstić information content (AvgIpc) is 2.85. The molecule has 5 heteroatoms. The van der Waals surface area contributed by atoms with E-state index in [-0.39, 0.29) is 0 Å². The maximum atomic E-state index is 6.01.